The zero-order valence-electron chi connectivity index (χ0n) is 19.3. The number of aromatic hydroxyl groups is 2. The fourth-order valence-electron chi connectivity index (χ4n) is 5.68. The molecular formula is C28H39NO3. The van der Waals surface area contributed by atoms with E-state index in [0.29, 0.717) is 43.0 Å². The summed E-state index contributed by atoms with van der Waals surface area (Å²) >= 11 is 0. The van der Waals surface area contributed by atoms with Gasteiger partial charge < -0.3 is 15.3 Å². The number of nitrogens with zero attached hydrogens (tertiary/aromatic N) is 1. The second-order valence-corrected chi connectivity index (χ2v) is 9.88. The summed E-state index contributed by atoms with van der Waals surface area (Å²) in [6.45, 7) is 1.66. The van der Waals surface area contributed by atoms with E-state index in [1.165, 1.54) is 75.3 Å². The van der Waals surface area contributed by atoms with Crippen LogP contribution in [0.4, 0.5) is 0 Å². The second-order valence-electron chi connectivity index (χ2n) is 9.88. The Morgan fingerprint density at radius 1 is 0.656 bits per heavy atom. The lowest BCUT2D eigenvalue weighted by Crippen LogP contribution is -2.26. The quantitative estimate of drug-likeness (QED) is 0.461. The predicted octanol–water partition coefficient (Wildman–Crippen LogP) is 6.19. The van der Waals surface area contributed by atoms with Crippen LogP contribution in [-0.2, 0) is 13.1 Å². The molecule has 4 heteroatoms. The fraction of sp³-hybridized carbons (Fsp3) is 0.571. The van der Waals surface area contributed by atoms with Gasteiger partial charge in [-0.15, -0.1) is 0 Å². The summed E-state index contributed by atoms with van der Waals surface area (Å²) in [5.41, 5.74) is 4.46. The molecule has 2 aliphatic carbocycles. The lowest BCUT2D eigenvalue weighted by atomic mass is 9.83. The van der Waals surface area contributed by atoms with Crippen LogP contribution in [-0.4, -0.2) is 33.4 Å². The van der Waals surface area contributed by atoms with Crippen molar-refractivity contribution in [3.05, 3.63) is 58.7 Å². The molecule has 0 bridgehead atoms. The molecule has 0 aromatic heterocycles. The Balaban J connectivity index is 1.50. The summed E-state index contributed by atoms with van der Waals surface area (Å²) < 4.78 is 0. The highest BCUT2D eigenvalue weighted by atomic mass is 16.3. The first-order valence-electron chi connectivity index (χ1n) is 12.6. The average molecular weight is 438 g/mol. The third-order valence-corrected chi connectivity index (χ3v) is 7.56. The number of benzene rings is 2. The average Bonchev–Trinajstić information content (AvgIpc) is 2.83. The van der Waals surface area contributed by atoms with Crippen molar-refractivity contribution in [3.8, 4) is 11.5 Å². The van der Waals surface area contributed by atoms with Gasteiger partial charge in [-0.25, -0.2) is 0 Å². The van der Waals surface area contributed by atoms with E-state index in [1.54, 1.807) is 0 Å². The van der Waals surface area contributed by atoms with Crippen LogP contribution >= 0.6 is 0 Å². The Hall–Kier alpha value is -2.04. The van der Waals surface area contributed by atoms with Gasteiger partial charge in [0, 0.05) is 30.8 Å². The summed E-state index contributed by atoms with van der Waals surface area (Å²) in [6, 6.07) is 12.1. The first kappa shape index (κ1) is 23.1. The van der Waals surface area contributed by atoms with Crippen LogP contribution in [0.25, 0.3) is 0 Å². The fourth-order valence-corrected chi connectivity index (χ4v) is 5.68. The Labute approximate surface area is 192 Å². The first-order chi connectivity index (χ1) is 15.6. The van der Waals surface area contributed by atoms with Gasteiger partial charge in [0.25, 0.3) is 0 Å². The van der Waals surface area contributed by atoms with Crippen LogP contribution in [0.15, 0.2) is 36.4 Å². The van der Waals surface area contributed by atoms with Crippen molar-refractivity contribution in [1.29, 1.82) is 0 Å². The Kier molecular flexibility index (Phi) is 8.10. The number of rotatable bonds is 8. The molecule has 2 fully saturated rings. The summed E-state index contributed by atoms with van der Waals surface area (Å²) in [6.07, 6.45) is 12.7. The van der Waals surface area contributed by atoms with Gasteiger partial charge in [-0.1, -0.05) is 62.8 Å². The third-order valence-electron chi connectivity index (χ3n) is 7.56. The van der Waals surface area contributed by atoms with Gasteiger partial charge >= 0.3 is 0 Å². The minimum atomic E-state index is 0.0478. The molecule has 2 saturated carbocycles. The van der Waals surface area contributed by atoms with E-state index in [9.17, 15) is 15.3 Å². The van der Waals surface area contributed by atoms with E-state index < -0.39 is 0 Å². The molecule has 2 aromatic carbocycles. The monoisotopic (exact) mass is 437 g/mol. The summed E-state index contributed by atoms with van der Waals surface area (Å²) in [5.74, 6) is 1.80. The van der Waals surface area contributed by atoms with Crippen LogP contribution in [0.1, 0.15) is 98.3 Å². The number of phenolic OH excluding ortho intramolecular Hbond substituents is 2. The molecular weight excluding hydrogens is 398 g/mol. The van der Waals surface area contributed by atoms with Gasteiger partial charge in [-0.3, -0.25) is 4.90 Å². The number of phenols is 2. The summed E-state index contributed by atoms with van der Waals surface area (Å²) in [7, 11) is 0. The molecule has 2 aliphatic rings. The number of aliphatic hydroxyl groups excluding tert-OH is 1. The third kappa shape index (κ3) is 5.85. The number of aliphatic hydroxyl groups is 1. The molecule has 4 nitrogen and oxygen atoms in total. The van der Waals surface area contributed by atoms with Gasteiger partial charge in [-0.2, -0.15) is 0 Å². The van der Waals surface area contributed by atoms with Crippen molar-refractivity contribution in [2.24, 2.45) is 0 Å². The molecule has 0 saturated heterocycles. The Morgan fingerprint density at radius 2 is 1.09 bits per heavy atom. The smallest absolute Gasteiger partial charge is 0.120 e. The van der Waals surface area contributed by atoms with E-state index in [0.717, 1.165) is 11.1 Å². The highest BCUT2D eigenvalue weighted by Crippen LogP contribution is 2.36. The second kappa shape index (κ2) is 11.2. The van der Waals surface area contributed by atoms with Crippen LogP contribution < -0.4 is 0 Å². The van der Waals surface area contributed by atoms with E-state index in [2.05, 4.69) is 29.2 Å². The SMILES string of the molecule is OCCN(Cc1cc(C2CCCCC2)ccc1O)Cc1cc(C2CCCCC2)ccc1O. The molecule has 0 radical (unpaired) electrons. The zero-order valence-corrected chi connectivity index (χ0v) is 19.3. The van der Waals surface area contributed by atoms with Gasteiger partial charge in [0.2, 0.25) is 0 Å². The molecule has 2 aromatic rings. The summed E-state index contributed by atoms with van der Waals surface area (Å²) in [4.78, 5) is 2.12. The highest BCUT2D eigenvalue weighted by molar-refractivity contribution is 5.39. The van der Waals surface area contributed by atoms with Crippen LogP contribution in [0.3, 0.4) is 0 Å². The zero-order chi connectivity index (χ0) is 22.3. The Morgan fingerprint density at radius 3 is 1.50 bits per heavy atom. The van der Waals surface area contributed by atoms with Crippen molar-refractivity contribution in [2.75, 3.05) is 13.2 Å². The first-order valence-corrected chi connectivity index (χ1v) is 12.6. The largest absolute Gasteiger partial charge is 0.508 e. The van der Waals surface area contributed by atoms with Gasteiger partial charge in [0.1, 0.15) is 11.5 Å². The van der Waals surface area contributed by atoms with E-state index >= 15 is 0 Å². The standard InChI is InChI=1S/C28H39NO3/c30-16-15-29(19-25-17-23(11-13-27(25)31)21-7-3-1-4-8-21)20-26-18-24(12-14-28(26)32)22-9-5-2-6-10-22/h11-14,17-18,21-22,30-32H,1-10,15-16,19-20H2. The molecule has 0 unspecified atom stereocenters. The molecule has 0 amide bonds. The van der Waals surface area contributed by atoms with Crippen molar-refractivity contribution < 1.29 is 15.3 Å². The lowest BCUT2D eigenvalue weighted by molar-refractivity contribution is 0.181. The van der Waals surface area contributed by atoms with Crippen molar-refractivity contribution in [2.45, 2.75) is 89.1 Å². The number of hydrogen-bond acceptors (Lipinski definition) is 4. The van der Waals surface area contributed by atoms with Gasteiger partial charge in [0.15, 0.2) is 0 Å². The maximum absolute atomic E-state index is 10.5. The topological polar surface area (TPSA) is 63.9 Å². The Bertz CT molecular complexity index is 799. The van der Waals surface area contributed by atoms with Crippen molar-refractivity contribution >= 4 is 0 Å². The van der Waals surface area contributed by atoms with Crippen LogP contribution in [0, 0.1) is 0 Å². The minimum absolute atomic E-state index is 0.0478. The molecule has 0 aliphatic heterocycles. The molecule has 32 heavy (non-hydrogen) atoms. The van der Waals surface area contributed by atoms with E-state index in [4.69, 9.17) is 0 Å². The maximum Gasteiger partial charge on any atom is 0.120 e. The summed E-state index contributed by atoms with van der Waals surface area (Å²) in [5, 5.41) is 30.8. The molecule has 174 valence electrons. The predicted molar refractivity (Wildman–Crippen MR) is 129 cm³/mol. The molecule has 4 rings (SSSR count). The maximum atomic E-state index is 10.5. The van der Waals surface area contributed by atoms with Crippen LogP contribution in [0.5, 0.6) is 11.5 Å². The minimum Gasteiger partial charge on any atom is -0.508 e. The molecule has 0 heterocycles. The van der Waals surface area contributed by atoms with E-state index in [-0.39, 0.29) is 6.61 Å². The van der Waals surface area contributed by atoms with Crippen molar-refractivity contribution in [1.82, 2.24) is 4.90 Å². The van der Waals surface area contributed by atoms with Gasteiger partial charge in [-0.05, 0) is 60.8 Å². The molecule has 3 N–H and O–H groups in total. The van der Waals surface area contributed by atoms with Crippen molar-refractivity contribution in [3.63, 3.8) is 0 Å². The lowest BCUT2D eigenvalue weighted by Gasteiger charge is -2.26. The number of hydrogen-bond donors (Lipinski definition) is 3. The van der Waals surface area contributed by atoms with E-state index in [1.807, 2.05) is 12.1 Å². The van der Waals surface area contributed by atoms with Crippen LogP contribution in [0.2, 0.25) is 0 Å². The van der Waals surface area contributed by atoms with Gasteiger partial charge in [0.05, 0.1) is 6.61 Å². The normalized spacial score (nSPS) is 18.3. The molecule has 0 spiro atoms. The highest BCUT2D eigenvalue weighted by Gasteiger charge is 2.20. The molecule has 0 atom stereocenters.